The van der Waals surface area contributed by atoms with Gasteiger partial charge < -0.3 is 9.47 Å². The highest BCUT2D eigenvalue weighted by Crippen LogP contribution is 2.27. The summed E-state index contributed by atoms with van der Waals surface area (Å²) in [7, 11) is 0. The maximum absolute atomic E-state index is 12.2. The third-order valence-electron chi connectivity index (χ3n) is 4.70. The van der Waals surface area contributed by atoms with Gasteiger partial charge in [0.05, 0.1) is 0 Å². The molecule has 0 aliphatic rings. The van der Waals surface area contributed by atoms with Crippen LogP contribution in [0.4, 0.5) is 0 Å². The molecule has 2 aromatic carbocycles. The molecular formula is C24H32N2O4. The number of benzene rings is 2. The molecule has 2 aromatic rings. The van der Waals surface area contributed by atoms with E-state index in [0.29, 0.717) is 17.4 Å². The zero-order valence-electron chi connectivity index (χ0n) is 18.6. The Morgan fingerprint density at radius 1 is 0.900 bits per heavy atom. The molecule has 0 aromatic heterocycles. The molecule has 30 heavy (non-hydrogen) atoms. The summed E-state index contributed by atoms with van der Waals surface area (Å²) >= 11 is 0. The van der Waals surface area contributed by atoms with E-state index in [4.69, 9.17) is 9.47 Å². The highest BCUT2D eigenvalue weighted by molar-refractivity contribution is 5.85. The van der Waals surface area contributed by atoms with Crippen molar-refractivity contribution >= 4 is 11.8 Å². The van der Waals surface area contributed by atoms with E-state index in [9.17, 15) is 9.59 Å². The van der Waals surface area contributed by atoms with Gasteiger partial charge in [0.25, 0.3) is 11.8 Å². The van der Waals surface area contributed by atoms with Crippen LogP contribution in [-0.2, 0) is 9.59 Å². The summed E-state index contributed by atoms with van der Waals surface area (Å²) in [4.78, 5) is 24.3. The predicted octanol–water partition coefficient (Wildman–Crippen LogP) is 4.24. The highest BCUT2D eigenvalue weighted by atomic mass is 16.5. The van der Waals surface area contributed by atoms with Gasteiger partial charge in [-0.1, -0.05) is 52.0 Å². The van der Waals surface area contributed by atoms with Crippen LogP contribution in [0.25, 0.3) is 0 Å². The zero-order chi connectivity index (χ0) is 22.3. The highest BCUT2D eigenvalue weighted by Gasteiger charge is 2.16. The molecule has 2 rings (SSSR count). The smallest absolute Gasteiger partial charge is 0.279 e. The van der Waals surface area contributed by atoms with Crippen LogP contribution in [-0.4, -0.2) is 24.5 Å². The van der Waals surface area contributed by atoms with E-state index in [0.717, 1.165) is 11.1 Å². The molecule has 2 amide bonds. The summed E-state index contributed by atoms with van der Waals surface area (Å²) in [6, 6.07) is 13.5. The number of ether oxygens (including phenoxy) is 2. The summed E-state index contributed by atoms with van der Waals surface area (Å²) in [6.45, 7) is 11.7. The number of hydrazine groups is 1. The molecule has 0 saturated carbocycles. The van der Waals surface area contributed by atoms with Crippen molar-refractivity contribution in [3.63, 3.8) is 0 Å². The van der Waals surface area contributed by atoms with Crippen molar-refractivity contribution in [2.24, 2.45) is 0 Å². The number of carbonyl (C=O) groups excluding carboxylic acids is 2. The van der Waals surface area contributed by atoms with Crippen LogP contribution in [0.3, 0.4) is 0 Å². The number of hydrogen-bond donors (Lipinski definition) is 2. The minimum absolute atomic E-state index is 0.199. The Morgan fingerprint density at radius 3 is 2.17 bits per heavy atom. The normalized spacial score (nSPS) is 11.9. The van der Waals surface area contributed by atoms with E-state index in [-0.39, 0.29) is 12.5 Å². The van der Waals surface area contributed by atoms with Crippen molar-refractivity contribution in [2.75, 3.05) is 6.61 Å². The molecule has 0 bridgehead atoms. The van der Waals surface area contributed by atoms with E-state index in [1.54, 1.807) is 6.92 Å². The Labute approximate surface area is 178 Å². The standard InChI is InChI=1S/C24H32N2O4/c1-15(2)19-8-10-20(11-9-19)30-18(6)24(28)26-25-23(27)14-29-22-13-17(5)7-12-21(22)16(3)4/h7-13,15-16,18H,14H2,1-6H3,(H,25,27)(H,26,28). The van der Waals surface area contributed by atoms with Crippen LogP contribution in [0.1, 0.15) is 63.1 Å². The van der Waals surface area contributed by atoms with E-state index in [2.05, 4.69) is 38.5 Å². The number of nitrogens with one attached hydrogen (secondary N) is 2. The van der Waals surface area contributed by atoms with E-state index < -0.39 is 17.9 Å². The largest absolute Gasteiger partial charge is 0.483 e. The van der Waals surface area contributed by atoms with Gasteiger partial charge in [-0.05, 0) is 60.6 Å². The van der Waals surface area contributed by atoms with Gasteiger partial charge in [0, 0.05) is 0 Å². The quantitative estimate of drug-likeness (QED) is 0.636. The van der Waals surface area contributed by atoms with E-state index in [1.807, 2.05) is 49.4 Å². The van der Waals surface area contributed by atoms with Crippen LogP contribution in [0.5, 0.6) is 11.5 Å². The van der Waals surface area contributed by atoms with Crippen LogP contribution in [0, 0.1) is 6.92 Å². The van der Waals surface area contributed by atoms with Crippen LogP contribution in [0.15, 0.2) is 42.5 Å². The summed E-state index contributed by atoms with van der Waals surface area (Å²) < 4.78 is 11.3. The molecular weight excluding hydrogens is 380 g/mol. The SMILES string of the molecule is Cc1ccc(C(C)C)c(OCC(=O)NNC(=O)C(C)Oc2ccc(C(C)C)cc2)c1. The Morgan fingerprint density at radius 2 is 1.57 bits per heavy atom. The molecule has 0 saturated heterocycles. The molecule has 6 nitrogen and oxygen atoms in total. The molecule has 0 radical (unpaired) electrons. The minimum Gasteiger partial charge on any atom is -0.483 e. The molecule has 0 aliphatic heterocycles. The first-order chi connectivity index (χ1) is 14.2. The van der Waals surface area contributed by atoms with Gasteiger partial charge in [0.15, 0.2) is 12.7 Å². The van der Waals surface area contributed by atoms with Gasteiger partial charge in [-0.3, -0.25) is 20.4 Å². The lowest BCUT2D eigenvalue weighted by Crippen LogP contribution is -2.48. The Hall–Kier alpha value is -3.02. The van der Waals surface area contributed by atoms with Gasteiger partial charge in [-0.15, -0.1) is 0 Å². The molecule has 0 spiro atoms. The van der Waals surface area contributed by atoms with E-state index >= 15 is 0 Å². The summed E-state index contributed by atoms with van der Waals surface area (Å²) in [6.07, 6.45) is -0.763. The average Bonchev–Trinajstić information content (AvgIpc) is 2.70. The topological polar surface area (TPSA) is 76.7 Å². The number of aryl methyl sites for hydroxylation is 1. The predicted molar refractivity (Wildman–Crippen MR) is 118 cm³/mol. The molecule has 0 aliphatic carbocycles. The number of amides is 2. The third-order valence-corrected chi connectivity index (χ3v) is 4.70. The van der Waals surface area contributed by atoms with Gasteiger partial charge in [-0.2, -0.15) is 0 Å². The van der Waals surface area contributed by atoms with Crippen molar-refractivity contribution in [3.05, 3.63) is 59.2 Å². The molecule has 0 heterocycles. The van der Waals surface area contributed by atoms with Gasteiger partial charge >= 0.3 is 0 Å². The van der Waals surface area contributed by atoms with Gasteiger partial charge in [-0.25, -0.2) is 0 Å². The Bertz CT molecular complexity index is 860. The first kappa shape index (κ1) is 23.3. The number of rotatable bonds is 8. The fourth-order valence-electron chi connectivity index (χ4n) is 2.84. The number of carbonyl (C=O) groups is 2. The molecule has 1 atom stereocenters. The molecule has 162 valence electrons. The lowest BCUT2D eigenvalue weighted by molar-refractivity contribution is -0.133. The first-order valence-electron chi connectivity index (χ1n) is 10.3. The van der Waals surface area contributed by atoms with Gasteiger partial charge in [0.2, 0.25) is 0 Å². The Kier molecular flexibility index (Phi) is 8.27. The van der Waals surface area contributed by atoms with Crippen LogP contribution >= 0.6 is 0 Å². The summed E-state index contributed by atoms with van der Waals surface area (Å²) in [5.74, 6) is 1.07. The maximum atomic E-state index is 12.2. The van der Waals surface area contributed by atoms with Crippen molar-refractivity contribution < 1.29 is 19.1 Å². The maximum Gasteiger partial charge on any atom is 0.279 e. The second-order valence-corrected chi connectivity index (χ2v) is 8.01. The average molecular weight is 413 g/mol. The van der Waals surface area contributed by atoms with Crippen LogP contribution < -0.4 is 20.3 Å². The summed E-state index contributed by atoms with van der Waals surface area (Å²) in [5.41, 5.74) is 8.01. The van der Waals surface area contributed by atoms with E-state index in [1.165, 1.54) is 5.56 Å². The van der Waals surface area contributed by atoms with Crippen molar-refractivity contribution in [3.8, 4) is 11.5 Å². The van der Waals surface area contributed by atoms with Crippen LogP contribution in [0.2, 0.25) is 0 Å². The lowest BCUT2D eigenvalue weighted by Gasteiger charge is -2.17. The van der Waals surface area contributed by atoms with Crippen molar-refractivity contribution in [1.82, 2.24) is 10.9 Å². The second-order valence-electron chi connectivity index (χ2n) is 8.01. The summed E-state index contributed by atoms with van der Waals surface area (Å²) in [5, 5.41) is 0. The number of hydrogen-bond acceptors (Lipinski definition) is 4. The minimum atomic E-state index is -0.763. The third kappa shape index (κ3) is 6.79. The second kappa shape index (κ2) is 10.7. The first-order valence-corrected chi connectivity index (χ1v) is 10.3. The Balaban J connectivity index is 1.81. The lowest BCUT2D eigenvalue weighted by atomic mass is 10.0. The molecule has 2 N–H and O–H groups in total. The fraction of sp³-hybridized carbons (Fsp3) is 0.417. The monoisotopic (exact) mass is 412 g/mol. The van der Waals surface area contributed by atoms with Gasteiger partial charge in [0.1, 0.15) is 11.5 Å². The fourth-order valence-corrected chi connectivity index (χ4v) is 2.84. The molecule has 1 unspecified atom stereocenters. The van der Waals surface area contributed by atoms with Crippen molar-refractivity contribution in [2.45, 2.75) is 59.5 Å². The van der Waals surface area contributed by atoms with Crippen molar-refractivity contribution in [1.29, 1.82) is 0 Å². The molecule has 0 fully saturated rings. The molecule has 6 heteroatoms. The zero-order valence-corrected chi connectivity index (χ0v) is 18.6.